The molecule has 2 aliphatic rings. The van der Waals surface area contributed by atoms with Gasteiger partial charge in [0.25, 0.3) is 0 Å². The maximum absolute atomic E-state index is 5.59. The molecule has 0 amide bonds. The molecule has 1 fully saturated rings. The molecule has 0 saturated heterocycles. The zero-order chi connectivity index (χ0) is 18.5. The molecule has 2 aliphatic carbocycles. The summed E-state index contributed by atoms with van der Waals surface area (Å²) in [4.78, 5) is 4.94. The van der Waals surface area contributed by atoms with Gasteiger partial charge in [0, 0.05) is 12.5 Å². The smallest absolute Gasteiger partial charge is 0.177 e. The first-order valence-electron chi connectivity index (χ1n) is 9.86. The Morgan fingerprint density at radius 3 is 2.81 bits per heavy atom. The van der Waals surface area contributed by atoms with Gasteiger partial charge in [-0.15, -0.1) is 5.10 Å². The van der Waals surface area contributed by atoms with Crippen LogP contribution in [0.2, 0.25) is 0 Å². The molecule has 1 saturated carbocycles. The number of benzene rings is 2. The molecule has 1 heterocycles. The molecule has 2 aromatic carbocycles. The highest BCUT2D eigenvalue weighted by Gasteiger charge is 2.58. The molecular formula is C23H25N3O. The molecule has 3 atom stereocenters. The number of aromatic nitrogens is 3. The molecule has 0 radical (unpaired) electrons. The van der Waals surface area contributed by atoms with Crippen molar-refractivity contribution < 1.29 is 4.74 Å². The van der Waals surface area contributed by atoms with E-state index in [1.54, 1.807) is 0 Å². The van der Waals surface area contributed by atoms with Crippen LogP contribution in [0.15, 0.2) is 42.5 Å². The Bertz CT molecular complexity index is 1010. The van der Waals surface area contributed by atoms with Crippen LogP contribution in [0, 0.1) is 19.8 Å². The fraction of sp³-hybridized carbons (Fsp3) is 0.391. The maximum Gasteiger partial charge on any atom is 0.177 e. The molecule has 4 heteroatoms. The van der Waals surface area contributed by atoms with Gasteiger partial charge in [0.15, 0.2) is 5.82 Å². The van der Waals surface area contributed by atoms with E-state index in [1.807, 2.05) is 6.92 Å². The number of nitrogens with zero attached hydrogens (tertiary/aromatic N) is 3. The third-order valence-corrected chi connectivity index (χ3v) is 6.04. The SMILES string of the molecule is CCOCc1nc(C2C3Cc4ccccc4C32)n(-c2cc(C)ccc2C)n1. The van der Waals surface area contributed by atoms with Crippen molar-refractivity contribution in [1.82, 2.24) is 14.8 Å². The van der Waals surface area contributed by atoms with Crippen LogP contribution < -0.4 is 0 Å². The molecular weight excluding hydrogens is 334 g/mol. The maximum atomic E-state index is 5.59. The van der Waals surface area contributed by atoms with Gasteiger partial charge in [0.2, 0.25) is 0 Å². The highest BCUT2D eigenvalue weighted by Crippen LogP contribution is 2.66. The second kappa shape index (κ2) is 6.31. The standard InChI is InChI=1S/C23H25N3O/c1-4-27-13-20-24-23(26(25-20)19-11-14(2)9-10-15(19)3)22-18-12-16-7-5-6-8-17(16)21(18)22/h5-11,18,21-22H,4,12-13H2,1-3H3. The minimum atomic E-state index is 0.461. The van der Waals surface area contributed by atoms with Crippen molar-refractivity contribution in [1.29, 1.82) is 0 Å². The van der Waals surface area contributed by atoms with Crippen molar-refractivity contribution in [2.45, 2.75) is 45.6 Å². The van der Waals surface area contributed by atoms with E-state index in [0.717, 1.165) is 23.8 Å². The predicted molar refractivity (Wildman–Crippen MR) is 105 cm³/mol. The molecule has 0 aliphatic heterocycles. The van der Waals surface area contributed by atoms with Gasteiger partial charge in [-0.2, -0.15) is 0 Å². The second-order valence-electron chi connectivity index (χ2n) is 7.84. The van der Waals surface area contributed by atoms with Crippen LogP contribution in [0.4, 0.5) is 0 Å². The van der Waals surface area contributed by atoms with Crippen molar-refractivity contribution >= 4 is 0 Å². The zero-order valence-corrected chi connectivity index (χ0v) is 16.1. The summed E-state index contributed by atoms with van der Waals surface area (Å²) in [5, 5.41) is 4.84. The van der Waals surface area contributed by atoms with Crippen LogP contribution >= 0.6 is 0 Å². The van der Waals surface area contributed by atoms with Gasteiger partial charge in [-0.1, -0.05) is 36.4 Å². The van der Waals surface area contributed by atoms with Crippen LogP contribution in [-0.4, -0.2) is 21.4 Å². The normalized spacial score (nSPS) is 22.6. The summed E-state index contributed by atoms with van der Waals surface area (Å²) >= 11 is 0. The van der Waals surface area contributed by atoms with Crippen molar-refractivity contribution in [2.75, 3.05) is 6.61 Å². The molecule has 138 valence electrons. The van der Waals surface area contributed by atoms with Crippen LogP contribution in [0.25, 0.3) is 5.69 Å². The van der Waals surface area contributed by atoms with Crippen LogP contribution in [0.5, 0.6) is 0 Å². The van der Waals surface area contributed by atoms with E-state index in [0.29, 0.717) is 31.0 Å². The summed E-state index contributed by atoms with van der Waals surface area (Å²) in [7, 11) is 0. The predicted octanol–water partition coefficient (Wildman–Crippen LogP) is 4.47. The lowest BCUT2D eigenvalue weighted by molar-refractivity contribution is 0.128. The van der Waals surface area contributed by atoms with Crippen molar-refractivity contribution in [3.8, 4) is 5.69 Å². The van der Waals surface area contributed by atoms with Gasteiger partial charge in [-0.05, 0) is 67.3 Å². The van der Waals surface area contributed by atoms with Crippen LogP contribution in [0.3, 0.4) is 0 Å². The summed E-state index contributed by atoms with van der Waals surface area (Å²) in [5.41, 5.74) is 6.62. The summed E-state index contributed by atoms with van der Waals surface area (Å²) < 4.78 is 7.68. The highest BCUT2D eigenvalue weighted by atomic mass is 16.5. The Hall–Kier alpha value is -2.46. The van der Waals surface area contributed by atoms with E-state index in [-0.39, 0.29) is 0 Å². The number of hydrogen-bond donors (Lipinski definition) is 0. The summed E-state index contributed by atoms with van der Waals surface area (Å²) in [6.45, 7) is 7.43. The van der Waals surface area contributed by atoms with E-state index in [2.05, 4.69) is 61.0 Å². The van der Waals surface area contributed by atoms with E-state index in [9.17, 15) is 0 Å². The Kier molecular flexibility index (Phi) is 3.90. The topological polar surface area (TPSA) is 39.9 Å². The lowest BCUT2D eigenvalue weighted by Gasteiger charge is -2.12. The number of fused-ring (bicyclic) bond motifs is 3. The molecule has 4 nitrogen and oxygen atoms in total. The highest BCUT2D eigenvalue weighted by molar-refractivity contribution is 5.49. The quantitative estimate of drug-likeness (QED) is 0.674. The van der Waals surface area contributed by atoms with Crippen molar-refractivity contribution in [3.05, 3.63) is 76.4 Å². The summed E-state index contributed by atoms with van der Waals surface area (Å²) in [5.74, 6) is 3.60. The number of aryl methyl sites for hydroxylation is 2. The Labute approximate surface area is 160 Å². The Balaban J connectivity index is 1.57. The molecule has 27 heavy (non-hydrogen) atoms. The van der Waals surface area contributed by atoms with E-state index < -0.39 is 0 Å². The van der Waals surface area contributed by atoms with Gasteiger partial charge < -0.3 is 4.74 Å². The fourth-order valence-corrected chi connectivity index (χ4v) is 4.67. The molecule has 0 N–H and O–H groups in total. The van der Waals surface area contributed by atoms with Crippen molar-refractivity contribution in [2.24, 2.45) is 5.92 Å². The number of ether oxygens (including phenoxy) is 1. The van der Waals surface area contributed by atoms with Crippen LogP contribution in [-0.2, 0) is 17.8 Å². The zero-order valence-electron chi connectivity index (χ0n) is 16.1. The third kappa shape index (κ3) is 2.71. The lowest BCUT2D eigenvalue weighted by atomic mass is 10.0. The second-order valence-corrected chi connectivity index (χ2v) is 7.84. The molecule has 3 aromatic rings. The minimum Gasteiger partial charge on any atom is -0.374 e. The first-order chi connectivity index (χ1) is 13.2. The molecule has 3 unspecified atom stereocenters. The lowest BCUT2D eigenvalue weighted by Crippen LogP contribution is -2.07. The first-order valence-corrected chi connectivity index (χ1v) is 9.86. The minimum absolute atomic E-state index is 0.461. The Morgan fingerprint density at radius 2 is 1.96 bits per heavy atom. The van der Waals surface area contributed by atoms with E-state index >= 15 is 0 Å². The first kappa shape index (κ1) is 16.7. The Morgan fingerprint density at radius 1 is 1.11 bits per heavy atom. The third-order valence-electron chi connectivity index (χ3n) is 6.04. The largest absolute Gasteiger partial charge is 0.374 e. The summed E-state index contributed by atoms with van der Waals surface area (Å²) in [6.07, 6.45) is 1.16. The van der Waals surface area contributed by atoms with Gasteiger partial charge in [0.1, 0.15) is 12.4 Å². The number of rotatable bonds is 5. The fourth-order valence-electron chi connectivity index (χ4n) is 4.67. The molecule has 0 spiro atoms. The van der Waals surface area contributed by atoms with Gasteiger partial charge in [-0.25, -0.2) is 9.67 Å². The molecule has 5 rings (SSSR count). The van der Waals surface area contributed by atoms with Gasteiger partial charge in [0.05, 0.1) is 5.69 Å². The van der Waals surface area contributed by atoms with E-state index in [1.165, 1.54) is 22.3 Å². The van der Waals surface area contributed by atoms with E-state index in [4.69, 9.17) is 14.8 Å². The van der Waals surface area contributed by atoms with Crippen LogP contribution in [0.1, 0.15) is 52.7 Å². The molecule has 1 aromatic heterocycles. The molecule has 0 bridgehead atoms. The average molecular weight is 359 g/mol. The van der Waals surface area contributed by atoms with Gasteiger partial charge >= 0.3 is 0 Å². The van der Waals surface area contributed by atoms with Crippen molar-refractivity contribution in [3.63, 3.8) is 0 Å². The monoisotopic (exact) mass is 359 g/mol. The summed E-state index contributed by atoms with van der Waals surface area (Å²) in [6, 6.07) is 15.4. The number of hydrogen-bond acceptors (Lipinski definition) is 3. The average Bonchev–Trinajstić information content (AvgIpc) is 3.03. The van der Waals surface area contributed by atoms with Gasteiger partial charge in [-0.3, -0.25) is 0 Å².